The van der Waals surface area contributed by atoms with Gasteiger partial charge >= 0.3 is 27.7 Å². The highest BCUT2D eigenvalue weighted by atomic mass is 32.2. The number of esters is 1. The predicted octanol–water partition coefficient (Wildman–Crippen LogP) is 3.14. The molecule has 0 fully saturated rings. The van der Waals surface area contributed by atoms with Crippen molar-refractivity contribution in [3.63, 3.8) is 0 Å². The highest BCUT2D eigenvalue weighted by Crippen LogP contribution is 2.32. The number of carbonyl (C=O) groups excluding carboxylic acids is 2. The van der Waals surface area contributed by atoms with Gasteiger partial charge in [0.15, 0.2) is 0 Å². The van der Waals surface area contributed by atoms with Crippen molar-refractivity contribution in [3.8, 4) is 5.75 Å². The Balaban J connectivity index is 2.36. The van der Waals surface area contributed by atoms with Gasteiger partial charge in [0, 0.05) is 6.42 Å². The van der Waals surface area contributed by atoms with Crippen LogP contribution in [0.25, 0.3) is 0 Å². The van der Waals surface area contributed by atoms with Gasteiger partial charge in [0.05, 0.1) is 13.2 Å². The van der Waals surface area contributed by atoms with Gasteiger partial charge in [0.25, 0.3) is 0 Å². The van der Waals surface area contributed by atoms with Crippen molar-refractivity contribution in [1.29, 1.82) is 0 Å². The van der Waals surface area contributed by atoms with E-state index >= 15 is 0 Å². The summed E-state index contributed by atoms with van der Waals surface area (Å²) in [7, 11) is -5.84. The van der Waals surface area contributed by atoms with Crippen LogP contribution >= 0.6 is 0 Å². The standard InChI is InChI=1S/C18H22F3NO7S/c1-5-27-15(23)14-9-12-8-13(29-30(25,26)18(19,20)21)7-6-11(12)10-22(14)16(24)28-17(2,3)4/h6-8,14H,5,9-10H2,1-4H3. The molecule has 1 aliphatic rings. The summed E-state index contributed by atoms with van der Waals surface area (Å²) in [6.07, 6.45) is -0.873. The number of ether oxygens (including phenoxy) is 2. The minimum absolute atomic E-state index is 0.0529. The molecule has 8 nitrogen and oxygen atoms in total. The summed E-state index contributed by atoms with van der Waals surface area (Å²) in [6.45, 7) is 6.53. The lowest BCUT2D eigenvalue weighted by Crippen LogP contribution is -2.50. The number of alkyl halides is 3. The molecule has 0 saturated carbocycles. The van der Waals surface area contributed by atoms with E-state index in [0.29, 0.717) is 11.1 Å². The number of halogens is 3. The molecular weight excluding hydrogens is 431 g/mol. The van der Waals surface area contributed by atoms with Crippen LogP contribution in [-0.4, -0.2) is 49.1 Å². The summed E-state index contributed by atoms with van der Waals surface area (Å²) in [6, 6.07) is 2.37. The molecule has 1 amide bonds. The molecule has 0 bridgehead atoms. The number of hydrogen-bond donors (Lipinski definition) is 0. The maximum atomic E-state index is 12.6. The molecule has 1 atom stereocenters. The highest BCUT2D eigenvalue weighted by molar-refractivity contribution is 7.88. The Morgan fingerprint density at radius 3 is 2.33 bits per heavy atom. The lowest BCUT2D eigenvalue weighted by molar-refractivity contribution is -0.150. The molecular formula is C18H22F3NO7S. The normalized spacial score (nSPS) is 17.2. The second kappa shape index (κ2) is 8.32. The van der Waals surface area contributed by atoms with Gasteiger partial charge in [-0.3, -0.25) is 4.90 Å². The first-order valence-electron chi connectivity index (χ1n) is 8.93. The zero-order valence-corrected chi connectivity index (χ0v) is 17.6. The maximum absolute atomic E-state index is 12.6. The first-order chi connectivity index (χ1) is 13.6. The monoisotopic (exact) mass is 453 g/mol. The van der Waals surface area contributed by atoms with E-state index in [1.54, 1.807) is 27.7 Å². The molecule has 168 valence electrons. The molecule has 1 aromatic rings. The quantitative estimate of drug-likeness (QED) is 0.392. The second-order valence-corrected chi connectivity index (χ2v) is 9.03. The Morgan fingerprint density at radius 2 is 1.80 bits per heavy atom. The molecule has 0 radical (unpaired) electrons. The van der Waals surface area contributed by atoms with E-state index in [0.717, 1.165) is 12.1 Å². The van der Waals surface area contributed by atoms with Gasteiger partial charge < -0.3 is 13.7 Å². The molecule has 1 heterocycles. The number of benzene rings is 1. The first kappa shape index (κ1) is 23.8. The van der Waals surface area contributed by atoms with E-state index in [1.165, 1.54) is 11.0 Å². The van der Waals surface area contributed by atoms with E-state index in [1.807, 2.05) is 0 Å². The Bertz CT molecular complexity index is 923. The molecule has 0 N–H and O–H groups in total. The summed E-state index contributed by atoms with van der Waals surface area (Å²) >= 11 is 0. The largest absolute Gasteiger partial charge is 0.534 e. The third-order valence-electron chi connectivity index (χ3n) is 3.98. The number of hydrogen-bond acceptors (Lipinski definition) is 7. The maximum Gasteiger partial charge on any atom is 0.534 e. The predicted molar refractivity (Wildman–Crippen MR) is 97.9 cm³/mol. The Kier molecular flexibility index (Phi) is 6.60. The van der Waals surface area contributed by atoms with Gasteiger partial charge in [-0.15, -0.1) is 0 Å². The molecule has 0 aliphatic carbocycles. The lowest BCUT2D eigenvalue weighted by Gasteiger charge is -2.36. The van der Waals surface area contributed by atoms with Crippen LogP contribution in [0.3, 0.4) is 0 Å². The highest BCUT2D eigenvalue weighted by Gasteiger charge is 2.48. The SMILES string of the molecule is CCOC(=O)C1Cc2cc(OS(=O)(=O)C(F)(F)F)ccc2CN1C(=O)OC(C)(C)C. The Hall–Kier alpha value is -2.50. The second-order valence-electron chi connectivity index (χ2n) is 7.49. The van der Waals surface area contributed by atoms with Crippen LogP contribution in [0.1, 0.15) is 38.8 Å². The van der Waals surface area contributed by atoms with E-state index in [9.17, 15) is 31.2 Å². The van der Waals surface area contributed by atoms with Gasteiger partial charge in [0.1, 0.15) is 17.4 Å². The zero-order valence-electron chi connectivity index (χ0n) is 16.8. The van der Waals surface area contributed by atoms with Crippen LogP contribution in [-0.2, 0) is 37.4 Å². The molecule has 0 aromatic heterocycles. The first-order valence-corrected chi connectivity index (χ1v) is 10.3. The number of carbonyl (C=O) groups is 2. The van der Waals surface area contributed by atoms with Crippen molar-refractivity contribution in [2.45, 2.75) is 57.8 Å². The van der Waals surface area contributed by atoms with Crippen molar-refractivity contribution in [2.24, 2.45) is 0 Å². The van der Waals surface area contributed by atoms with Crippen LogP contribution in [0.5, 0.6) is 5.75 Å². The fraction of sp³-hybridized carbons (Fsp3) is 0.556. The third-order valence-corrected chi connectivity index (χ3v) is 4.96. The molecule has 1 unspecified atom stereocenters. The Labute approximate surface area is 172 Å². The minimum atomic E-state index is -5.84. The van der Waals surface area contributed by atoms with Crippen LogP contribution < -0.4 is 4.18 Å². The molecule has 30 heavy (non-hydrogen) atoms. The number of amides is 1. The topological polar surface area (TPSA) is 99.2 Å². The van der Waals surface area contributed by atoms with Crippen molar-refractivity contribution < 1.29 is 44.8 Å². The van der Waals surface area contributed by atoms with Crippen molar-refractivity contribution in [1.82, 2.24) is 4.90 Å². The summed E-state index contributed by atoms with van der Waals surface area (Å²) in [4.78, 5) is 26.1. The van der Waals surface area contributed by atoms with Crippen LogP contribution in [0, 0.1) is 0 Å². The van der Waals surface area contributed by atoms with E-state index in [2.05, 4.69) is 4.18 Å². The smallest absolute Gasteiger partial charge is 0.464 e. The molecule has 1 aromatic carbocycles. The summed E-state index contributed by atoms with van der Waals surface area (Å²) < 4.78 is 74.6. The van der Waals surface area contributed by atoms with Crippen molar-refractivity contribution in [2.75, 3.05) is 6.61 Å². The third kappa shape index (κ3) is 5.55. The molecule has 0 spiro atoms. The fourth-order valence-corrected chi connectivity index (χ4v) is 3.20. The number of nitrogens with zero attached hydrogens (tertiary/aromatic N) is 1. The van der Waals surface area contributed by atoms with Gasteiger partial charge in [0.2, 0.25) is 0 Å². The summed E-state index contributed by atoms with van der Waals surface area (Å²) in [5.74, 6) is -1.28. The Morgan fingerprint density at radius 1 is 1.17 bits per heavy atom. The lowest BCUT2D eigenvalue weighted by atomic mass is 9.94. The zero-order chi connectivity index (χ0) is 22.9. The van der Waals surface area contributed by atoms with Crippen LogP contribution in [0.15, 0.2) is 18.2 Å². The summed E-state index contributed by atoms with van der Waals surface area (Å²) in [5.41, 5.74) is -5.55. The molecule has 2 rings (SSSR count). The van der Waals surface area contributed by atoms with Crippen molar-refractivity contribution >= 4 is 22.2 Å². The van der Waals surface area contributed by atoms with Gasteiger partial charge in [-0.2, -0.15) is 21.6 Å². The average molecular weight is 453 g/mol. The molecule has 0 saturated heterocycles. The van der Waals surface area contributed by atoms with Crippen molar-refractivity contribution in [3.05, 3.63) is 29.3 Å². The van der Waals surface area contributed by atoms with Crippen LogP contribution in [0.4, 0.5) is 18.0 Å². The van der Waals surface area contributed by atoms with E-state index < -0.39 is 45.1 Å². The van der Waals surface area contributed by atoms with Gasteiger partial charge in [-0.25, -0.2) is 9.59 Å². The molecule has 1 aliphatic heterocycles. The van der Waals surface area contributed by atoms with Crippen LogP contribution in [0.2, 0.25) is 0 Å². The van der Waals surface area contributed by atoms with E-state index in [4.69, 9.17) is 9.47 Å². The fourth-order valence-electron chi connectivity index (χ4n) is 2.75. The minimum Gasteiger partial charge on any atom is -0.464 e. The summed E-state index contributed by atoms with van der Waals surface area (Å²) in [5, 5.41) is 0. The number of fused-ring (bicyclic) bond motifs is 1. The molecule has 12 heteroatoms. The van der Waals surface area contributed by atoms with E-state index in [-0.39, 0.29) is 19.6 Å². The van der Waals surface area contributed by atoms with Gasteiger partial charge in [-0.05, 0) is 51.0 Å². The average Bonchev–Trinajstić information content (AvgIpc) is 2.58. The number of rotatable bonds is 4. The van der Waals surface area contributed by atoms with Gasteiger partial charge in [-0.1, -0.05) is 6.07 Å².